The molecular formula is C18H19N3O2. The van der Waals surface area contributed by atoms with Crippen molar-refractivity contribution in [3.63, 3.8) is 0 Å². The number of nitrogens with one attached hydrogen (secondary N) is 1. The molecule has 1 aromatic carbocycles. The quantitative estimate of drug-likeness (QED) is 0.806. The fourth-order valence-corrected chi connectivity index (χ4v) is 2.55. The topological polar surface area (TPSA) is 55.6 Å². The highest BCUT2D eigenvalue weighted by Crippen LogP contribution is 2.14. The summed E-state index contributed by atoms with van der Waals surface area (Å²) in [5.41, 5.74) is 4.18. The Bertz CT molecular complexity index is 851. The molecule has 118 valence electrons. The zero-order valence-electron chi connectivity index (χ0n) is 13.5. The molecule has 3 rings (SSSR count). The molecule has 0 unspecified atom stereocenters. The first kappa shape index (κ1) is 15.1. The lowest BCUT2D eigenvalue weighted by molar-refractivity contribution is 0.0944. The van der Waals surface area contributed by atoms with Crippen LogP contribution in [0.15, 0.2) is 42.6 Å². The Morgan fingerprint density at radius 1 is 1.17 bits per heavy atom. The first-order valence-corrected chi connectivity index (χ1v) is 7.45. The van der Waals surface area contributed by atoms with Crippen molar-refractivity contribution in [2.24, 2.45) is 0 Å². The number of carbonyl (C=O) groups is 1. The second-order valence-electron chi connectivity index (χ2n) is 5.51. The van der Waals surface area contributed by atoms with Gasteiger partial charge in [0.1, 0.15) is 17.1 Å². The van der Waals surface area contributed by atoms with Gasteiger partial charge in [0, 0.05) is 12.7 Å². The van der Waals surface area contributed by atoms with E-state index in [1.54, 1.807) is 7.11 Å². The third kappa shape index (κ3) is 3.04. The Labute approximate surface area is 134 Å². The number of amides is 1. The molecule has 0 radical (unpaired) electrons. The Balaban J connectivity index is 1.80. The third-order valence-corrected chi connectivity index (χ3v) is 3.77. The van der Waals surface area contributed by atoms with Gasteiger partial charge in [-0.05, 0) is 43.2 Å². The number of pyridine rings is 1. The monoisotopic (exact) mass is 309 g/mol. The van der Waals surface area contributed by atoms with E-state index in [4.69, 9.17) is 4.74 Å². The lowest BCUT2D eigenvalue weighted by atomic mass is 10.2. The zero-order valence-corrected chi connectivity index (χ0v) is 13.5. The van der Waals surface area contributed by atoms with Gasteiger partial charge in [-0.2, -0.15) is 0 Å². The van der Waals surface area contributed by atoms with Crippen LogP contribution in [0, 0.1) is 13.8 Å². The predicted molar refractivity (Wildman–Crippen MR) is 88.8 cm³/mol. The number of benzene rings is 1. The standard InChI is InChI=1S/C18H19N3O2/c1-12-4-9-16-20-13(2)17(21(16)11-12)18(22)19-10-14-5-7-15(23-3)8-6-14/h4-9,11H,10H2,1-3H3,(H,19,22). The number of hydrogen-bond donors (Lipinski definition) is 1. The van der Waals surface area contributed by atoms with Crippen LogP contribution in [0.3, 0.4) is 0 Å². The molecule has 2 aromatic heterocycles. The molecule has 23 heavy (non-hydrogen) atoms. The van der Waals surface area contributed by atoms with Gasteiger partial charge in [-0.1, -0.05) is 18.2 Å². The maximum absolute atomic E-state index is 12.6. The minimum absolute atomic E-state index is 0.128. The van der Waals surface area contributed by atoms with Crippen LogP contribution in [0.4, 0.5) is 0 Å². The van der Waals surface area contributed by atoms with E-state index >= 15 is 0 Å². The van der Waals surface area contributed by atoms with E-state index in [2.05, 4.69) is 10.3 Å². The van der Waals surface area contributed by atoms with Gasteiger partial charge in [-0.25, -0.2) is 4.98 Å². The molecule has 2 heterocycles. The smallest absolute Gasteiger partial charge is 0.270 e. The largest absolute Gasteiger partial charge is 0.497 e. The van der Waals surface area contributed by atoms with Crippen LogP contribution < -0.4 is 10.1 Å². The molecule has 1 N–H and O–H groups in total. The second-order valence-corrected chi connectivity index (χ2v) is 5.51. The molecule has 0 fully saturated rings. The second kappa shape index (κ2) is 6.12. The van der Waals surface area contributed by atoms with Crippen LogP contribution in [0.1, 0.15) is 27.3 Å². The summed E-state index contributed by atoms with van der Waals surface area (Å²) in [6.45, 7) is 4.31. The molecule has 0 bridgehead atoms. The van der Waals surface area contributed by atoms with Crippen molar-refractivity contribution in [3.05, 3.63) is 65.1 Å². The number of aromatic nitrogens is 2. The summed E-state index contributed by atoms with van der Waals surface area (Å²) >= 11 is 0. The first-order valence-electron chi connectivity index (χ1n) is 7.45. The molecule has 0 saturated heterocycles. The summed E-state index contributed by atoms with van der Waals surface area (Å²) in [7, 11) is 1.63. The molecular weight excluding hydrogens is 290 g/mol. The molecule has 0 aliphatic rings. The van der Waals surface area contributed by atoms with Crippen molar-refractivity contribution >= 4 is 11.6 Å². The van der Waals surface area contributed by atoms with Crippen molar-refractivity contribution in [1.82, 2.24) is 14.7 Å². The number of aryl methyl sites for hydroxylation is 2. The van der Waals surface area contributed by atoms with Gasteiger partial charge in [0.25, 0.3) is 5.91 Å². The first-order chi connectivity index (χ1) is 11.1. The molecule has 1 amide bonds. The van der Waals surface area contributed by atoms with E-state index in [0.717, 1.165) is 28.2 Å². The molecule has 0 saturated carbocycles. The number of rotatable bonds is 4. The number of methoxy groups -OCH3 is 1. The van der Waals surface area contributed by atoms with Gasteiger partial charge in [0.15, 0.2) is 0 Å². The van der Waals surface area contributed by atoms with Crippen LogP contribution >= 0.6 is 0 Å². The Hall–Kier alpha value is -2.82. The average Bonchev–Trinajstić information content (AvgIpc) is 2.88. The van der Waals surface area contributed by atoms with Crippen molar-refractivity contribution in [2.45, 2.75) is 20.4 Å². The van der Waals surface area contributed by atoms with Gasteiger partial charge in [-0.3, -0.25) is 9.20 Å². The van der Waals surface area contributed by atoms with Crippen molar-refractivity contribution in [1.29, 1.82) is 0 Å². The molecule has 5 heteroatoms. The van der Waals surface area contributed by atoms with Crippen LogP contribution in [0.2, 0.25) is 0 Å². The van der Waals surface area contributed by atoms with Gasteiger partial charge in [-0.15, -0.1) is 0 Å². The summed E-state index contributed by atoms with van der Waals surface area (Å²) < 4.78 is 6.97. The number of nitrogens with zero attached hydrogens (tertiary/aromatic N) is 2. The van der Waals surface area contributed by atoms with E-state index in [-0.39, 0.29) is 5.91 Å². The van der Waals surface area contributed by atoms with Crippen LogP contribution in [0.5, 0.6) is 5.75 Å². The minimum atomic E-state index is -0.128. The maximum Gasteiger partial charge on any atom is 0.270 e. The van der Waals surface area contributed by atoms with Gasteiger partial charge < -0.3 is 10.1 Å². The highest BCUT2D eigenvalue weighted by atomic mass is 16.5. The molecule has 3 aromatic rings. The number of imidazole rings is 1. The van der Waals surface area contributed by atoms with Gasteiger partial charge >= 0.3 is 0 Å². The highest BCUT2D eigenvalue weighted by molar-refractivity contribution is 5.94. The summed E-state index contributed by atoms with van der Waals surface area (Å²) in [4.78, 5) is 17.0. The van der Waals surface area contributed by atoms with Gasteiger partial charge in [0.2, 0.25) is 0 Å². The van der Waals surface area contributed by atoms with Crippen molar-refractivity contribution in [2.75, 3.05) is 7.11 Å². The lowest BCUT2D eigenvalue weighted by Crippen LogP contribution is -2.25. The predicted octanol–water partition coefficient (Wildman–Crippen LogP) is 2.89. The number of ether oxygens (including phenoxy) is 1. The van der Waals surface area contributed by atoms with E-state index in [0.29, 0.717) is 12.2 Å². The molecule has 5 nitrogen and oxygen atoms in total. The van der Waals surface area contributed by atoms with E-state index in [9.17, 15) is 4.79 Å². The summed E-state index contributed by atoms with van der Waals surface area (Å²) in [6, 6.07) is 11.5. The normalized spacial score (nSPS) is 10.7. The maximum atomic E-state index is 12.6. The van der Waals surface area contributed by atoms with Crippen LogP contribution in [-0.2, 0) is 6.54 Å². The number of fused-ring (bicyclic) bond motifs is 1. The molecule has 0 atom stereocenters. The minimum Gasteiger partial charge on any atom is -0.497 e. The molecule has 0 spiro atoms. The van der Waals surface area contributed by atoms with E-state index in [1.165, 1.54) is 0 Å². The van der Waals surface area contributed by atoms with Crippen molar-refractivity contribution < 1.29 is 9.53 Å². The zero-order chi connectivity index (χ0) is 16.4. The van der Waals surface area contributed by atoms with Crippen molar-refractivity contribution in [3.8, 4) is 5.75 Å². The highest BCUT2D eigenvalue weighted by Gasteiger charge is 2.16. The molecule has 0 aliphatic carbocycles. The Kier molecular flexibility index (Phi) is 4.02. The van der Waals surface area contributed by atoms with E-state index in [1.807, 2.05) is 60.8 Å². The van der Waals surface area contributed by atoms with Crippen LogP contribution in [-0.4, -0.2) is 22.4 Å². The average molecular weight is 309 g/mol. The number of hydrogen-bond acceptors (Lipinski definition) is 3. The van der Waals surface area contributed by atoms with E-state index < -0.39 is 0 Å². The third-order valence-electron chi connectivity index (χ3n) is 3.77. The lowest BCUT2D eigenvalue weighted by Gasteiger charge is -2.07. The fourth-order valence-electron chi connectivity index (χ4n) is 2.55. The Morgan fingerprint density at radius 3 is 2.61 bits per heavy atom. The van der Waals surface area contributed by atoms with Crippen LogP contribution in [0.25, 0.3) is 5.65 Å². The summed E-state index contributed by atoms with van der Waals surface area (Å²) in [5.74, 6) is 0.671. The summed E-state index contributed by atoms with van der Waals surface area (Å²) in [5, 5.41) is 2.95. The number of carbonyl (C=O) groups excluding carboxylic acids is 1. The summed E-state index contributed by atoms with van der Waals surface area (Å²) in [6.07, 6.45) is 1.93. The van der Waals surface area contributed by atoms with Gasteiger partial charge in [0.05, 0.1) is 12.8 Å². The fraction of sp³-hybridized carbons (Fsp3) is 0.222. The molecule has 0 aliphatic heterocycles. The SMILES string of the molecule is COc1ccc(CNC(=O)c2c(C)nc3ccc(C)cn23)cc1. The Morgan fingerprint density at radius 2 is 1.91 bits per heavy atom.